The molecule has 4 rings (SSSR count). The Labute approximate surface area is 171 Å². The number of carbonyl (C=O) groups excluding carboxylic acids is 1. The zero-order valence-electron chi connectivity index (χ0n) is 17.1. The highest BCUT2D eigenvalue weighted by molar-refractivity contribution is 7.99. The molecule has 0 bridgehead atoms. The third kappa shape index (κ3) is 3.97. The summed E-state index contributed by atoms with van der Waals surface area (Å²) in [6, 6.07) is 3.79. The van der Waals surface area contributed by atoms with Gasteiger partial charge in [-0.05, 0) is 65.0 Å². The monoisotopic (exact) mass is 398 g/mol. The molecule has 0 saturated heterocycles. The van der Waals surface area contributed by atoms with Crippen molar-refractivity contribution in [2.45, 2.75) is 87.6 Å². The number of rotatable bonds is 4. The van der Waals surface area contributed by atoms with Crippen LogP contribution < -0.4 is 5.32 Å². The Balaban J connectivity index is 1.53. The van der Waals surface area contributed by atoms with Crippen LogP contribution in [0.1, 0.15) is 87.0 Å². The Morgan fingerprint density at radius 3 is 2.75 bits per heavy atom. The Hall–Kier alpha value is -1.82. The zero-order valence-corrected chi connectivity index (χ0v) is 17.9. The van der Waals surface area contributed by atoms with Gasteiger partial charge in [-0.1, -0.05) is 12.8 Å². The fourth-order valence-corrected chi connectivity index (χ4v) is 5.64. The quantitative estimate of drug-likeness (QED) is 0.798. The molecule has 1 fully saturated rings. The van der Waals surface area contributed by atoms with Gasteiger partial charge in [0.1, 0.15) is 5.03 Å². The second kappa shape index (κ2) is 7.90. The van der Waals surface area contributed by atoms with Crippen LogP contribution in [0.25, 0.3) is 0 Å². The average Bonchev–Trinajstić information content (AvgIpc) is 3.31. The summed E-state index contributed by atoms with van der Waals surface area (Å²) in [5.41, 5.74) is 3.09. The van der Waals surface area contributed by atoms with E-state index in [4.69, 9.17) is 0 Å². The number of hydrogen-bond acceptors (Lipinski definition) is 4. The van der Waals surface area contributed by atoms with E-state index in [-0.39, 0.29) is 17.5 Å². The summed E-state index contributed by atoms with van der Waals surface area (Å²) >= 11 is 1.77. The first-order chi connectivity index (χ1) is 13.4. The fraction of sp³-hybridized carbons (Fsp3) is 0.591. The predicted molar refractivity (Wildman–Crippen MR) is 113 cm³/mol. The van der Waals surface area contributed by atoms with Gasteiger partial charge in [0.2, 0.25) is 0 Å². The third-order valence-corrected chi connectivity index (χ3v) is 7.07. The molecule has 0 unspecified atom stereocenters. The number of nitrogens with zero attached hydrogens (tertiary/aromatic N) is 3. The molecule has 0 spiro atoms. The lowest BCUT2D eigenvalue weighted by atomic mass is 9.92. The molecule has 1 N–H and O–H groups in total. The van der Waals surface area contributed by atoms with Gasteiger partial charge in [-0.2, -0.15) is 5.10 Å². The molecule has 6 heteroatoms. The summed E-state index contributed by atoms with van der Waals surface area (Å²) in [4.78, 5) is 17.7. The van der Waals surface area contributed by atoms with Gasteiger partial charge in [0.05, 0.1) is 23.3 Å². The maximum absolute atomic E-state index is 13.1. The maximum Gasteiger partial charge on any atom is 0.254 e. The Morgan fingerprint density at radius 2 is 2.00 bits per heavy atom. The number of thioether (sulfide) groups is 1. The first-order valence-corrected chi connectivity index (χ1v) is 11.3. The first-order valence-electron chi connectivity index (χ1n) is 10.4. The van der Waals surface area contributed by atoms with Crippen molar-refractivity contribution >= 4 is 17.7 Å². The second-order valence-electron chi connectivity index (χ2n) is 8.93. The van der Waals surface area contributed by atoms with Crippen molar-refractivity contribution in [3.05, 3.63) is 41.3 Å². The summed E-state index contributed by atoms with van der Waals surface area (Å²) < 4.78 is 2.12. The van der Waals surface area contributed by atoms with E-state index in [1.807, 2.05) is 18.3 Å². The number of amides is 1. The largest absolute Gasteiger partial charge is 0.345 e. The van der Waals surface area contributed by atoms with E-state index >= 15 is 0 Å². The number of carbonyl (C=O) groups is 1. The highest BCUT2D eigenvalue weighted by Gasteiger charge is 2.30. The van der Waals surface area contributed by atoms with Crippen LogP contribution >= 0.6 is 11.8 Å². The van der Waals surface area contributed by atoms with Gasteiger partial charge in [0.15, 0.2) is 0 Å². The van der Waals surface area contributed by atoms with E-state index in [2.05, 4.69) is 40.9 Å². The van der Waals surface area contributed by atoms with Crippen LogP contribution in [0.4, 0.5) is 0 Å². The molecule has 1 atom stereocenters. The lowest BCUT2D eigenvalue weighted by Gasteiger charge is -2.28. The minimum Gasteiger partial charge on any atom is -0.345 e. The third-order valence-electron chi connectivity index (χ3n) is 5.72. The summed E-state index contributed by atoms with van der Waals surface area (Å²) in [6.45, 7) is 6.51. The molecule has 2 aliphatic carbocycles. The zero-order chi connectivity index (χ0) is 19.7. The number of aromatic nitrogens is 3. The van der Waals surface area contributed by atoms with Crippen molar-refractivity contribution in [1.29, 1.82) is 0 Å². The van der Waals surface area contributed by atoms with E-state index in [0.717, 1.165) is 24.3 Å². The number of fused-ring (bicyclic) bond motifs is 1. The summed E-state index contributed by atoms with van der Waals surface area (Å²) in [7, 11) is 0. The molecule has 1 saturated carbocycles. The summed E-state index contributed by atoms with van der Waals surface area (Å²) in [5, 5.41) is 9.37. The van der Waals surface area contributed by atoms with Crippen LogP contribution in [0.2, 0.25) is 0 Å². The molecule has 2 aromatic rings. The predicted octanol–water partition coefficient (Wildman–Crippen LogP) is 4.88. The standard InChI is InChI=1S/C22H30N4OS/c1-22(2,3)26-19-12-6-11-18(17(19)14-24-26)25-20(27)16-10-7-13-23-21(16)28-15-8-4-5-9-15/h7,10,13-15,18H,4-6,8-9,11-12H2,1-3H3,(H,25,27)/t18-/m1/s1. The van der Waals surface area contributed by atoms with Gasteiger partial charge >= 0.3 is 0 Å². The molecule has 5 nitrogen and oxygen atoms in total. The van der Waals surface area contributed by atoms with Crippen LogP contribution in [-0.4, -0.2) is 25.9 Å². The minimum absolute atomic E-state index is 0.0186. The van der Waals surface area contributed by atoms with Crippen molar-refractivity contribution in [3.8, 4) is 0 Å². The lowest BCUT2D eigenvalue weighted by Crippen LogP contribution is -2.33. The molecular weight excluding hydrogens is 368 g/mol. The van der Waals surface area contributed by atoms with E-state index < -0.39 is 0 Å². The molecular formula is C22H30N4OS. The Kier molecular flexibility index (Phi) is 5.50. The SMILES string of the molecule is CC(C)(C)n1ncc2c1CCC[C@H]2NC(=O)c1cccnc1SC1CCCC1. The van der Waals surface area contributed by atoms with Crippen molar-refractivity contribution in [3.63, 3.8) is 0 Å². The molecule has 1 amide bonds. The number of pyridine rings is 1. The molecule has 2 aromatic heterocycles. The molecule has 2 aliphatic rings. The fourth-order valence-electron chi connectivity index (χ4n) is 4.34. The minimum atomic E-state index is -0.0477. The van der Waals surface area contributed by atoms with Gasteiger partial charge in [0.25, 0.3) is 5.91 Å². The van der Waals surface area contributed by atoms with E-state index in [1.165, 1.54) is 36.9 Å². The van der Waals surface area contributed by atoms with Gasteiger partial charge in [-0.3, -0.25) is 9.48 Å². The van der Waals surface area contributed by atoms with Gasteiger partial charge in [0, 0.05) is 22.7 Å². The van der Waals surface area contributed by atoms with Crippen LogP contribution in [0.5, 0.6) is 0 Å². The Morgan fingerprint density at radius 1 is 1.21 bits per heavy atom. The summed E-state index contributed by atoms with van der Waals surface area (Å²) in [6.07, 6.45) is 11.8. The van der Waals surface area contributed by atoms with Gasteiger partial charge in [-0.15, -0.1) is 11.8 Å². The Bertz CT molecular complexity index is 848. The van der Waals surface area contributed by atoms with E-state index in [0.29, 0.717) is 10.8 Å². The topological polar surface area (TPSA) is 59.8 Å². The molecule has 0 aromatic carbocycles. The van der Waals surface area contributed by atoms with Crippen LogP contribution in [0.15, 0.2) is 29.6 Å². The van der Waals surface area contributed by atoms with Crippen molar-refractivity contribution in [2.24, 2.45) is 0 Å². The van der Waals surface area contributed by atoms with Crippen LogP contribution in [0.3, 0.4) is 0 Å². The maximum atomic E-state index is 13.1. The van der Waals surface area contributed by atoms with Crippen LogP contribution in [0, 0.1) is 0 Å². The molecule has 0 aliphatic heterocycles. The molecule has 2 heterocycles. The van der Waals surface area contributed by atoms with Crippen molar-refractivity contribution < 1.29 is 4.79 Å². The first kappa shape index (κ1) is 19.5. The van der Waals surface area contributed by atoms with Crippen molar-refractivity contribution in [2.75, 3.05) is 0 Å². The molecule has 150 valence electrons. The van der Waals surface area contributed by atoms with E-state index in [1.54, 1.807) is 18.0 Å². The molecule has 0 radical (unpaired) electrons. The number of nitrogens with one attached hydrogen (secondary N) is 1. The average molecular weight is 399 g/mol. The lowest BCUT2D eigenvalue weighted by molar-refractivity contribution is 0.0929. The van der Waals surface area contributed by atoms with Crippen molar-refractivity contribution in [1.82, 2.24) is 20.1 Å². The summed E-state index contributed by atoms with van der Waals surface area (Å²) in [5.74, 6) is -0.0186. The van der Waals surface area contributed by atoms with Gasteiger partial charge in [-0.25, -0.2) is 4.98 Å². The highest BCUT2D eigenvalue weighted by Crippen LogP contribution is 2.36. The van der Waals surface area contributed by atoms with E-state index in [9.17, 15) is 4.79 Å². The molecule has 28 heavy (non-hydrogen) atoms. The normalized spacial score (nSPS) is 20.2. The van der Waals surface area contributed by atoms with Gasteiger partial charge < -0.3 is 5.32 Å². The highest BCUT2D eigenvalue weighted by atomic mass is 32.2. The number of hydrogen-bond donors (Lipinski definition) is 1. The van der Waals surface area contributed by atoms with Crippen LogP contribution in [-0.2, 0) is 12.0 Å². The smallest absolute Gasteiger partial charge is 0.254 e. The second-order valence-corrected chi connectivity index (χ2v) is 10.2.